The second-order valence-electron chi connectivity index (χ2n) is 5.56. The summed E-state index contributed by atoms with van der Waals surface area (Å²) < 4.78 is 14.7. The van der Waals surface area contributed by atoms with Gasteiger partial charge in [-0.25, -0.2) is 4.39 Å². The van der Waals surface area contributed by atoms with E-state index in [1.54, 1.807) is 29.8 Å². The van der Waals surface area contributed by atoms with Gasteiger partial charge in [0.15, 0.2) is 0 Å². The SMILES string of the molecule is Cc1ccc(C(=O)NC[C@H](Cc2ccc(F)cc2)C(N)=O)n1C. The molecule has 0 saturated carbocycles. The Kier molecular flexibility index (Phi) is 5.16. The molecule has 0 radical (unpaired) electrons. The van der Waals surface area contributed by atoms with Gasteiger partial charge in [0.25, 0.3) is 5.91 Å². The van der Waals surface area contributed by atoms with E-state index in [0.29, 0.717) is 12.1 Å². The molecule has 0 aliphatic rings. The van der Waals surface area contributed by atoms with Gasteiger partial charge < -0.3 is 15.6 Å². The number of aryl methyl sites for hydroxylation is 1. The van der Waals surface area contributed by atoms with Crippen molar-refractivity contribution in [3.05, 3.63) is 59.2 Å². The molecule has 1 heterocycles. The van der Waals surface area contributed by atoms with Gasteiger partial charge in [-0.2, -0.15) is 0 Å². The predicted octanol–water partition coefficient (Wildman–Crippen LogP) is 1.55. The Morgan fingerprint density at radius 3 is 2.39 bits per heavy atom. The summed E-state index contributed by atoms with van der Waals surface area (Å²) in [5, 5.41) is 2.73. The van der Waals surface area contributed by atoms with Crippen molar-refractivity contribution in [1.82, 2.24) is 9.88 Å². The lowest BCUT2D eigenvalue weighted by Gasteiger charge is -2.15. The minimum absolute atomic E-state index is 0.135. The van der Waals surface area contributed by atoms with Crippen LogP contribution >= 0.6 is 0 Å². The summed E-state index contributed by atoms with van der Waals surface area (Å²) in [6, 6.07) is 9.45. The van der Waals surface area contributed by atoms with Crippen molar-refractivity contribution < 1.29 is 14.0 Å². The summed E-state index contributed by atoms with van der Waals surface area (Å²) in [5.41, 5.74) is 7.68. The average Bonchev–Trinajstić information content (AvgIpc) is 2.84. The Balaban J connectivity index is 2.00. The zero-order valence-corrected chi connectivity index (χ0v) is 13.2. The van der Waals surface area contributed by atoms with Crippen molar-refractivity contribution in [2.45, 2.75) is 13.3 Å². The Morgan fingerprint density at radius 1 is 1.22 bits per heavy atom. The van der Waals surface area contributed by atoms with Gasteiger partial charge in [0, 0.05) is 19.3 Å². The highest BCUT2D eigenvalue weighted by molar-refractivity contribution is 5.93. The molecule has 0 saturated heterocycles. The van der Waals surface area contributed by atoms with E-state index in [-0.39, 0.29) is 18.3 Å². The topological polar surface area (TPSA) is 77.1 Å². The fourth-order valence-corrected chi connectivity index (χ4v) is 2.33. The third-order valence-corrected chi connectivity index (χ3v) is 3.91. The van der Waals surface area contributed by atoms with Crippen LogP contribution in [0.3, 0.4) is 0 Å². The maximum atomic E-state index is 12.9. The van der Waals surface area contributed by atoms with Crippen LogP contribution in [0.15, 0.2) is 36.4 Å². The number of benzene rings is 1. The van der Waals surface area contributed by atoms with Crippen LogP contribution in [0.1, 0.15) is 21.7 Å². The van der Waals surface area contributed by atoms with Crippen molar-refractivity contribution in [3.8, 4) is 0 Å². The number of carbonyl (C=O) groups is 2. The number of amides is 2. The van der Waals surface area contributed by atoms with Gasteiger partial charge in [0.1, 0.15) is 11.5 Å². The molecule has 0 bridgehead atoms. The van der Waals surface area contributed by atoms with Crippen molar-refractivity contribution in [2.75, 3.05) is 6.54 Å². The number of hydrogen-bond donors (Lipinski definition) is 2. The van der Waals surface area contributed by atoms with Crippen molar-refractivity contribution in [3.63, 3.8) is 0 Å². The number of carbonyl (C=O) groups excluding carboxylic acids is 2. The van der Waals surface area contributed by atoms with E-state index in [1.807, 2.05) is 13.0 Å². The smallest absolute Gasteiger partial charge is 0.267 e. The molecule has 1 aromatic carbocycles. The van der Waals surface area contributed by atoms with Gasteiger partial charge in [0.2, 0.25) is 5.91 Å². The Morgan fingerprint density at radius 2 is 1.87 bits per heavy atom. The van der Waals surface area contributed by atoms with Crippen LogP contribution in [0.4, 0.5) is 4.39 Å². The third kappa shape index (κ3) is 4.18. The largest absolute Gasteiger partial charge is 0.369 e. The molecule has 0 fully saturated rings. The number of nitrogens with one attached hydrogen (secondary N) is 1. The lowest BCUT2D eigenvalue weighted by Crippen LogP contribution is -2.37. The highest BCUT2D eigenvalue weighted by atomic mass is 19.1. The van der Waals surface area contributed by atoms with Crippen molar-refractivity contribution in [2.24, 2.45) is 18.7 Å². The van der Waals surface area contributed by atoms with Crippen molar-refractivity contribution >= 4 is 11.8 Å². The summed E-state index contributed by atoms with van der Waals surface area (Å²) in [6.07, 6.45) is 0.349. The first kappa shape index (κ1) is 16.7. The number of primary amides is 1. The van der Waals surface area contributed by atoms with E-state index < -0.39 is 11.8 Å². The van der Waals surface area contributed by atoms with Gasteiger partial charge in [-0.05, 0) is 43.2 Å². The van der Waals surface area contributed by atoms with Gasteiger partial charge >= 0.3 is 0 Å². The summed E-state index contributed by atoms with van der Waals surface area (Å²) in [7, 11) is 1.80. The normalized spacial score (nSPS) is 12.0. The molecule has 0 aliphatic heterocycles. The summed E-state index contributed by atoms with van der Waals surface area (Å²) >= 11 is 0. The molecular weight excluding hydrogens is 297 g/mol. The molecule has 0 aliphatic carbocycles. The molecule has 2 aromatic rings. The minimum Gasteiger partial charge on any atom is -0.369 e. The molecule has 0 unspecified atom stereocenters. The minimum atomic E-state index is -0.550. The summed E-state index contributed by atoms with van der Waals surface area (Å²) in [6.45, 7) is 2.04. The highest BCUT2D eigenvalue weighted by Gasteiger charge is 2.19. The molecule has 6 heteroatoms. The highest BCUT2D eigenvalue weighted by Crippen LogP contribution is 2.10. The first-order valence-electron chi connectivity index (χ1n) is 7.32. The molecule has 2 amide bonds. The van der Waals surface area contributed by atoms with Gasteiger partial charge in [-0.3, -0.25) is 9.59 Å². The molecule has 3 N–H and O–H groups in total. The van der Waals surface area contributed by atoms with Crippen LogP contribution in [-0.2, 0) is 18.3 Å². The molecule has 23 heavy (non-hydrogen) atoms. The lowest BCUT2D eigenvalue weighted by atomic mass is 9.98. The van der Waals surface area contributed by atoms with E-state index in [9.17, 15) is 14.0 Å². The van der Waals surface area contributed by atoms with Crippen LogP contribution in [0.5, 0.6) is 0 Å². The van der Waals surface area contributed by atoms with E-state index in [0.717, 1.165) is 11.3 Å². The fourth-order valence-electron chi connectivity index (χ4n) is 2.33. The predicted molar refractivity (Wildman–Crippen MR) is 85.3 cm³/mol. The Bertz CT molecular complexity index is 707. The summed E-state index contributed by atoms with van der Waals surface area (Å²) in [5.74, 6) is -1.65. The Hall–Kier alpha value is -2.63. The standard InChI is InChI=1S/C17H20FN3O2/c1-11-3-8-15(21(11)2)17(23)20-10-13(16(19)22)9-12-4-6-14(18)7-5-12/h3-8,13H,9-10H2,1-2H3,(H2,19,22)(H,20,23)/t13-/m0/s1. The maximum absolute atomic E-state index is 12.9. The third-order valence-electron chi connectivity index (χ3n) is 3.91. The maximum Gasteiger partial charge on any atom is 0.267 e. The van der Waals surface area contributed by atoms with Gasteiger partial charge in [0.05, 0.1) is 5.92 Å². The number of nitrogens with two attached hydrogens (primary N) is 1. The molecular formula is C17H20FN3O2. The zero-order chi connectivity index (χ0) is 17.0. The van der Waals surface area contributed by atoms with Crippen LogP contribution in [0.25, 0.3) is 0 Å². The fraction of sp³-hybridized carbons (Fsp3) is 0.294. The number of aromatic nitrogens is 1. The first-order valence-corrected chi connectivity index (χ1v) is 7.32. The number of hydrogen-bond acceptors (Lipinski definition) is 2. The molecule has 122 valence electrons. The molecule has 1 aromatic heterocycles. The molecule has 5 nitrogen and oxygen atoms in total. The van der Waals surface area contributed by atoms with Crippen LogP contribution in [-0.4, -0.2) is 22.9 Å². The molecule has 2 rings (SSSR count). The van der Waals surface area contributed by atoms with Crippen molar-refractivity contribution in [1.29, 1.82) is 0 Å². The quantitative estimate of drug-likeness (QED) is 0.848. The van der Waals surface area contributed by atoms with E-state index >= 15 is 0 Å². The lowest BCUT2D eigenvalue weighted by molar-refractivity contribution is -0.121. The number of nitrogens with zero attached hydrogens (tertiary/aromatic N) is 1. The van der Waals surface area contributed by atoms with Gasteiger partial charge in [-0.1, -0.05) is 12.1 Å². The number of rotatable bonds is 6. The second-order valence-corrected chi connectivity index (χ2v) is 5.56. The first-order chi connectivity index (χ1) is 10.9. The molecule has 1 atom stereocenters. The average molecular weight is 317 g/mol. The van der Waals surface area contributed by atoms with E-state index in [4.69, 9.17) is 5.73 Å². The van der Waals surface area contributed by atoms with Crippen LogP contribution < -0.4 is 11.1 Å². The zero-order valence-electron chi connectivity index (χ0n) is 13.2. The Labute approximate surface area is 134 Å². The summed E-state index contributed by atoms with van der Waals surface area (Å²) in [4.78, 5) is 23.8. The van der Waals surface area contributed by atoms with Gasteiger partial charge in [-0.15, -0.1) is 0 Å². The number of halogens is 1. The van der Waals surface area contributed by atoms with Crippen LogP contribution in [0, 0.1) is 18.7 Å². The molecule has 0 spiro atoms. The second kappa shape index (κ2) is 7.09. The van der Waals surface area contributed by atoms with Crippen LogP contribution in [0.2, 0.25) is 0 Å². The monoisotopic (exact) mass is 317 g/mol. The van der Waals surface area contributed by atoms with E-state index in [1.165, 1.54) is 12.1 Å². The van der Waals surface area contributed by atoms with E-state index in [2.05, 4.69) is 5.32 Å².